The number of esters is 1. The molecule has 7 nitrogen and oxygen atoms in total. The monoisotopic (exact) mass is 657 g/mol. The van der Waals surface area contributed by atoms with Gasteiger partial charge in [-0.15, -0.1) is 0 Å². The molecule has 0 atom stereocenters. The molecule has 2 N–H and O–H groups in total. The minimum atomic E-state index is -5.20. The van der Waals surface area contributed by atoms with Crippen LogP contribution in [0.3, 0.4) is 0 Å². The van der Waals surface area contributed by atoms with Crippen molar-refractivity contribution in [2.75, 3.05) is 19.7 Å². The molecule has 2 aliphatic carbocycles. The summed E-state index contributed by atoms with van der Waals surface area (Å²) in [6.07, 6.45) is -9.20. The van der Waals surface area contributed by atoms with Crippen LogP contribution in [0.25, 0.3) is 0 Å². The maximum absolute atomic E-state index is 14.3. The molecule has 1 aromatic rings. The third-order valence-electron chi connectivity index (χ3n) is 7.62. The summed E-state index contributed by atoms with van der Waals surface area (Å²) < 4.78 is 89.4. The zero-order valence-electron chi connectivity index (χ0n) is 23.2. The van der Waals surface area contributed by atoms with Gasteiger partial charge in [0.25, 0.3) is 5.91 Å². The van der Waals surface area contributed by atoms with Crippen LogP contribution in [-0.2, 0) is 14.3 Å². The minimum Gasteiger partial charge on any atom is -0.466 e. The third-order valence-corrected chi connectivity index (χ3v) is 8.25. The predicted octanol–water partition coefficient (Wildman–Crippen LogP) is 6.71. The average Bonchev–Trinajstić information content (AvgIpc) is 3.69. The number of rotatable bonds is 11. The molecule has 2 saturated carbocycles. The molecule has 3 rings (SSSR count). The van der Waals surface area contributed by atoms with Gasteiger partial charge in [-0.05, 0) is 63.5 Å². The van der Waals surface area contributed by atoms with Crippen LogP contribution in [0.4, 0.5) is 26.3 Å². The Morgan fingerprint density at radius 2 is 1.65 bits per heavy atom. The van der Waals surface area contributed by atoms with Gasteiger partial charge in [-0.3, -0.25) is 19.4 Å². The van der Waals surface area contributed by atoms with E-state index >= 15 is 0 Å². The highest BCUT2D eigenvalue weighted by Gasteiger charge is 2.64. The number of amides is 1. The van der Waals surface area contributed by atoms with E-state index in [1.165, 1.54) is 18.2 Å². The number of halogens is 8. The van der Waals surface area contributed by atoms with E-state index in [-0.39, 0.29) is 60.2 Å². The molecule has 2 fully saturated rings. The summed E-state index contributed by atoms with van der Waals surface area (Å²) in [5, 5.41) is -0.292. The van der Waals surface area contributed by atoms with Crippen LogP contribution in [0.15, 0.2) is 35.0 Å². The van der Waals surface area contributed by atoms with E-state index in [2.05, 4.69) is 4.99 Å². The van der Waals surface area contributed by atoms with Crippen molar-refractivity contribution in [1.29, 1.82) is 0 Å². The Morgan fingerprint density at radius 3 is 2.12 bits per heavy atom. The molecule has 0 saturated heterocycles. The van der Waals surface area contributed by atoms with Gasteiger partial charge in [0.15, 0.2) is 11.5 Å². The van der Waals surface area contributed by atoms with Crippen molar-refractivity contribution in [1.82, 2.24) is 4.90 Å². The standard InChI is InChI=1S/C28H31Cl2F6N3O4/c1-2-43-22(41)12-16-6-8-17(9-7-16)38-24(27(31,32)33)18(13-37)25(42)39(15-26(10-11-26)28(34,35)36)14-21(40)23-19(29)4-3-5-20(23)30/h3-5,13,16-17H,2,6-12,14-15,37H2,1H3. The van der Waals surface area contributed by atoms with Gasteiger partial charge in [0, 0.05) is 19.2 Å². The highest BCUT2D eigenvalue weighted by Crippen LogP contribution is 2.58. The van der Waals surface area contributed by atoms with Crippen molar-refractivity contribution in [3.8, 4) is 0 Å². The van der Waals surface area contributed by atoms with E-state index in [4.69, 9.17) is 33.7 Å². The van der Waals surface area contributed by atoms with Crippen LogP contribution >= 0.6 is 23.2 Å². The van der Waals surface area contributed by atoms with Gasteiger partial charge in [-0.2, -0.15) is 26.3 Å². The predicted molar refractivity (Wildman–Crippen MR) is 148 cm³/mol. The van der Waals surface area contributed by atoms with Gasteiger partial charge in [-0.1, -0.05) is 29.3 Å². The molecule has 0 spiro atoms. The zero-order valence-corrected chi connectivity index (χ0v) is 24.7. The van der Waals surface area contributed by atoms with E-state index in [1.54, 1.807) is 6.92 Å². The molecule has 0 aliphatic heterocycles. The second-order valence-corrected chi connectivity index (χ2v) is 11.5. The number of nitrogens with two attached hydrogens (primary N) is 1. The molecular weight excluding hydrogens is 627 g/mol. The number of alkyl halides is 6. The molecule has 0 heterocycles. The van der Waals surface area contributed by atoms with Crippen molar-refractivity contribution in [2.24, 2.45) is 22.1 Å². The van der Waals surface area contributed by atoms with Crippen molar-refractivity contribution < 1.29 is 45.5 Å². The largest absolute Gasteiger partial charge is 0.466 e. The lowest BCUT2D eigenvalue weighted by atomic mass is 9.84. The molecule has 43 heavy (non-hydrogen) atoms. The molecule has 238 valence electrons. The van der Waals surface area contributed by atoms with Gasteiger partial charge in [0.2, 0.25) is 0 Å². The third kappa shape index (κ3) is 8.65. The topological polar surface area (TPSA) is 102 Å². The molecule has 1 amide bonds. The molecule has 0 bridgehead atoms. The van der Waals surface area contributed by atoms with E-state index in [1.807, 2.05) is 0 Å². The Bertz CT molecular complexity index is 1250. The summed E-state index contributed by atoms with van der Waals surface area (Å²) in [7, 11) is 0. The van der Waals surface area contributed by atoms with Gasteiger partial charge >= 0.3 is 18.3 Å². The number of hydrogen-bond donors (Lipinski definition) is 1. The van der Waals surface area contributed by atoms with Crippen molar-refractivity contribution in [3.63, 3.8) is 0 Å². The number of carbonyl (C=O) groups is 3. The Balaban J connectivity index is 1.91. The summed E-state index contributed by atoms with van der Waals surface area (Å²) in [6, 6.07) is 3.12. The highest BCUT2D eigenvalue weighted by atomic mass is 35.5. The first-order valence-corrected chi connectivity index (χ1v) is 14.3. The maximum atomic E-state index is 14.3. The average molecular weight is 658 g/mol. The van der Waals surface area contributed by atoms with Crippen LogP contribution in [0.1, 0.15) is 62.2 Å². The van der Waals surface area contributed by atoms with Crippen LogP contribution in [0, 0.1) is 11.3 Å². The lowest BCUT2D eigenvalue weighted by Gasteiger charge is -2.30. The van der Waals surface area contributed by atoms with Gasteiger partial charge < -0.3 is 15.4 Å². The number of hydrogen-bond acceptors (Lipinski definition) is 6. The number of ether oxygens (including phenoxy) is 1. The summed E-state index contributed by atoms with van der Waals surface area (Å²) in [5.74, 6) is -3.03. The van der Waals surface area contributed by atoms with Crippen molar-refractivity contribution in [3.05, 3.63) is 45.6 Å². The summed E-state index contributed by atoms with van der Waals surface area (Å²) in [6.45, 7) is -0.261. The second-order valence-electron chi connectivity index (χ2n) is 10.7. The number of carbonyl (C=O) groups excluding carboxylic acids is 3. The van der Waals surface area contributed by atoms with Crippen LogP contribution in [0.5, 0.6) is 0 Å². The summed E-state index contributed by atoms with van der Waals surface area (Å²) >= 11 is 12.1. The fourth-order valence-corrected chi connectivity index (χ4v) is 5.71. The Hall–Kier alpha value is -2.80. The lowest BCUT2D eigenvalue weighted by Crippen LogP contribution is -2.47. The van der Waals surface area contributed by atoms with E-state index in [0.717, 1.165) is 0 Å². The van der Waals surface area contributed by atoms with E-state index in [0.29, 0.717) is 23.9 Å². The number of ketones is 1. The molecule has 2 aliphatic rings. The molecule has 1 aromatic carbocycles. The lowest BCUT2D eigenvalue weighted by molar-refractivity contribution is -0.192. The fourth-order valence-electron chi connectivity index (χ4n) is 5.10. The summed E-state index contributed by atoms with van der Waals surface area (Å²) in [5.41, 5.74) is -0.0311. The first kappa shape index (κ1) is 34.7. The second kappa shape index (κ2) is 13.9. The Morgan fingerprint density at radius 1 is 1.07 bits per heavy atom. The quantitative estimate of drug-likeness (QED) is 0.0938. The highest BCUT2D eigenvalue weighted by molar-refractivity contribution is 6.40. The molecular formula is C28H31Cl2F6N3O4. The maximum Gasteiger partial charge on any atom is 0.433 e. The zero-order chi connectivity index (χ0) is 32.2. The smallest absolute Gasteiger partial charge is 0.433 e. The normalized spacial score (nSPS) is 20.9. The fraction of sp³-hybridized carbons (Fsp3) is 0.571. The molecule has 0 radical (unpaired) electrons. The first-order chi connectivity index (χ1) is 20.0. The Labute approximate surface area is 254 Å². The van der Waals surface area contributed by atoms with Gasteiger partial charge in [-0.25, -0.2) is 0 Å². The first-order valence-electron chi connectivity index (χ1n) is 13.6. The van der Waals surface area contributed by atoms with Gasteiger partial charge in [0.05, 0.1) is 45.8 Å². The Kier molecular flexibility index (Phi) is 11.2. The molecule has 0 aromatic heterocycles. The SMILES string of the molecule is CCOC(=O)CC1CCC(N=C(C(=CN)C(=O)N(CC(=O)c2c(Cl)cccc2Cl)CC2(C(F)(F)F)CC2)C(F)(F)F)CC1. The number of Topliss-reactive ketones (excluding diaryl/α,β-unsaturated/α-hetero) is 1. The van der Waals surface area contributed by atoms with E-state index < -0.39 is 65.8 Å². The number of nitrogens with zero attached hydrogens (tertiary/aromatic N) is 2. The van der Waals surface area contributed by atoms with Gasteiger partial charge in [0.1, 0.15) is 0 Å². The van der Waals surface area contributed by atoms with Crippen molar-refractivity contribution >= 4 is 46.6 Å². The summed E-state index contributed by atoms with van der Waals surface area (Å²) in [4.78, 5) is 42.6. The van der Waals surface area contributed by atoms with Crippen LogP contribution in [0.2, 0.25) is 10.0 Å². The molecule has 15 heteroatoms. The van der Waals surface area contributed by atoms with Crippen LogP contribution < -0.4 is 5.73 Å². The van der Waals surface area contributed by atoms with Crippen LogP contribution in [-0.4, -0.2) is 66.4 Å². The number of benzene rings is 1. The van der Waals surface area contributed by atoms with E-state index in [9.17, 15) is 40.7 Å². The minimum absolute atomic E-state index is 0.110. The van der Waals surface area contributed by atoms with Crippen molar-refractivity contribution in [2.45, 2.75) is 70.3 Å². The number of aliphatic imine (C=N–C) groups is 1. The molecule has 0 unspecified atom stereocenters.